The minimum atomic E-state index is -3.45. The number of hydrogen-bond donors (Lipinski definition) is 2. The lowest BCUT2D eigenvalue weighted by Gasteiger charge is -2.31. The highest BCUT2D eigenvalue weighted by Crippen LogP contribution is 2.24. The van der Waals surface area contributed by atoms with E-state index < -0.39 is 15.9 Å². The van der Waals surface area contributed by atoms with Crippen LogP contribution in [0.25, 0.3) is 0 Å². The Morgan fingerprint density at radius 2 is 1.92 bits per heavy atom. The number of amides is 1. The van der Waals surface area contributed by atoms with E-state index in [1.54, 1.807) is 12.1 Å². The molecule has 7 nitrogen and oxygen atoms in total. The van der Waals surface area contributed by atoms with E-state index in [-0.39, 0.29) is 18.3 Å². The third kappa shape index (κ3) is 5.61. The number of rotatable bonds is 6. The smallest absolute Gasteiger partial charge is 0.255 e. The molecule has 8 heteroatoms. The molecule has 132 valence electrons. The number of nitrogens with zero attached hydrogens (tertiary/aromatic N) is 2. The molecule has 2 N–H and O–H groups in total. The highest BCUT2D eigenvalue weighted by atomic mass is 32.2. The summed E-state index contributed by atoms with van der Waals surface area (Å²) < 4.78 is 25.2. The molecule has 0 unspecified atom stereocenters. The average molecular weight is 353 g/mol. The van der Waals surface area contributed by atoms with E-state index in [1.807, 2.05) is 0 Å². The summed E-state index contributed by atoms with van der Waals surface area (Å²) in [4.78, 5) is 12.0. The Hall–Kier alpha value is -1.93. The zero-order valence-electron chi connectivity index (χ0n) is 13.7. The van der Waals surface area contributed by atoms with Gasteiger partial charge in [0.05, 0.1) is 19.0 Å². The minimum Gasteiger partial charge on any atom is -0.508 e. The van der Waals surface area contributed by atoms with Crippen LogP contribution in [0.2, 0.25) is 0 Å². The summed E-state index contributed by atoms with van der Waals surface area (Å²) in [5.74, 6) is -0.325. The molecule has 0 aliphatic heterocycles. The molecule has 1 aromatic rings. The molecule has 1 fully saturated rings. The number of nitrogens with one attached hydrogen (secondary N) is 1. The molecule has 1 aliphatic rings. The van der Waals surface area contributed by atoms with Crippen LogP contribution in [0.3, 0.4) is 0 Å². The number of aromatic hydroxyl groups is 1. The van der Waals surface area contributed by atoms with Crippen LogP contribution in [0.5, 0.6) is 5.75 Å². The van der Waals surface area contributed by atoms with Crippen molar-refractivity contribution in [2.24, 2.45) is 5.10 Å². The zero-order chi connectivity index (χ0) is 17.6. The quantitative estimate of drug-likeness (QED) is 0.597. The lowest BCUT2D eigenvalue weighted by atomic mass is 9.95. The molecular weight excluding hydrogens is 330 g/mol. The van der Waals surface area contributed by atoms with Crippen LogP contribution < -0.4 is 5.43 Å². The molecule has 0 aromatic heterocycles. The Kier molecular flexibility index (Phi) is 6.33. The summed E-state index contributed by atoms with van der Waals surface area (Å²) in [6.07, 6.45) is 7.22. The predicted octanol–water partition coefficient (Wildman–Crippen LogP) is 1.44. The van der Waals surface area contributed by atoms with Gasteiger partial charge in [-0.05, 0) is 42.7 Å². The summed E-state index contributed by atoms with van der Waals surface area (Å²) >= 11 is 0. The van der Waals surface area contributed by atoms with Crippen LogP contribution in [0, 0.1) is 0 Å². The lowest BCUT2D eigenvalue weighted by molar-refractivity contribution is -0.121. The summed E-state index contributed by atoms with van der Waals surface area (Å²) in [6, 6.07) is 6.21. The number of carbonyl (C=O) groups is 1. The van der Waals surface area contributed by atoms with Crippen molar-refractivity contribution < 1.29 is 18.3 Å². The van der Waals surface area contributed by atoms with E-state index in [4.69, 9.17) is 0 Å². The van der Waals surface area contributed by atoms with E-state index in [1.165, 1.54) is 22.7 Å². The number of carbonyl (C=O) groups excluding carboxylic acids is 1. The molecule has 0 saturated heterocycles. The Morgan fingerprint density at radius 1 is 1.29 bits per heavy atom. The molecule has 2 rings (SSSR count). The second-order valence-corrected chi connectivity index (χ2v) is 7.92. The minimum absolute atomic E-state index is 0.111. The van der Waals surface area contributed by atoms with Gasteiger partial charge in [0.2, 0.25) is 10.0 Å². The van der Waals surface area contributed by atoms with E-state index >= 15 is 0 Å². The van der Waals surface area contributed by atoms with Crippen molar-refractivity contribution in [1.82, 2.24) is 9.73 Å². The van der Waals surface area contributed by atoms with Crippen molar-refractivity contribution >= 4 is 22.1 Å². The molecule has 1 aromatic carbocycles. The fraction of sp³-hybridized carbons (Fsp3) is 0.500. The van der Waals surface area contributed by atoms with Crippen LogP contribution in [0.15, 0.2) is 29.4 Å². The first-order valence-corrected chi connectivity index (χ1v) is 9.79. The number of hydrazone groups is 1. The number of phenols is 1. The van der Waals surface area contributed by atoms with E-state index in [2.05, 4.69) is 10.5 Å². The maximum Gasteiger partial charge on any atom is 0.255 e. The van der Waals surface area contributed by atoms with E-state index in [9.17, 15) is 18.3 Å². The molecule has 1 saturated carbocycles. The Morgan fingerprint density at radius 3 is 2.50 bits per heavy atom. The highest BCUT2D eigenvalue weighted by Gasteiger charge is 2.29. The van der Waals surface area contributed by atoms with Gasteiger partial charge >= 0.3 is 0 Å². The molecule has 0 radical (unpaired) electrons. The van der Waals surface area contributed by atoms with Crippen molar-refractivity contribution in [1.29, 1.82) is 0 Å². The van der Waals surface area contributed by atoms with Gasteiger partial charge in [-0.25, -0.2) is 13.8 Å². The monoisotopic (exact) mass is 353 g/mol. The summed E-state index contributed by atoms with van der Waals surface area (Å²) in [7, 11) is -3.45. The number of sulfonamides is 1. The molecule has 0 atom stereocenters. The van der Waals surface area contributed by atoms with E-state index in [0.29, 0.717) is 5.56 Å². The third-order valence-electron chi connectivity index (χ3n) is 4.00. The zero-order valence-corrected chi connectivity index (χ0v) is 14.5. The molecule has 1 aliphatic carbocycles. The van der Waals surface area contributed by atoms with Gasteiger partial charge in [0.25, 0.3) is 5.91 Å². The molecule has 0 spiro atoms. The summed E-state index contributed by atoms with van der Waals surface area (Å²) in [6.45, 7) is -0.226. The number of hydrogen-bond acceptors (Lipinski definition) is 5. The van der Waals surface area contributed by atoms with Crippen LogP contribution in [-0.2, 0) is 14.8 Å². The predicted molar refractivity (Wildman–Crippen MR) is 92.3 cm³/mol. The fourth-order valence-electron chi connectivity index (χ4n) is 2.80. The van der Waals surface area contributed by atoms with Crippen molar-refractivity contribution in [3.8, 4) is 5.75 Å². The first kappa shape index (κ1) is 18.4. The van der Waals surface area contributed by atoms with Crippen LogP contribution in [-0.4, -0.2) is 48.8 Å². The molecular formula is C16H23N3O4S. The van der Waals surface area contributed by atoms with Crippen LogP contribution in [0.4, 0.5) is 0 Å². The SMILES string of the molecule is CS(=O)(=O)N(CC(=O)NN=Cc1ccc(O)cc1)C1CCCCC1. The van der Waals surface area contributed by atoms with Crippen molar-refractivity contribution in [3.63, 3.8) is 0 Å². The Balaban J connectivity index is 1.93. The van der Waals surface area contributed by atoms with Crippen LogP contribution >= 0.6 is 0 Å². The van der Waals surface area contributed by atoms with Gasteiger partial charge < -0.3 is 5.11 Å². The number of phenolic OH excluding ortho intramolecular Hbond substituents is 1. The fourth-order valence-corrected chi connectivity index (χ4v) is 3.91. The topological polar surface area (TPSA) is 99.1 Å². The van der Waals surface area contributed by atoms with Gasteiger partial charge in [0.1, 0.15) is 5.75 Å². The van der Waals surface area contributed by atoms with Crippen LogP contribution in [0.1, 0.15) is 37.7 Å². The van der Waals surface area contributed by atoms with Gasteiger partial charge in [0, 0.05) is 6.04 Å². The maximum atomic E-state index is 12.0. The maximum absolute atomic E-state index is 12.0. The van der Waals surface area contributed by atoms with Gasteiger partial charge in [-0.1, -0.05) is 19.3 Å². The van der Waals surface area contributed by atoms with Gasteiger partial charge in [0.15, 0.2) is 0 Å². The Labute approximate surface area is 142 Å². The van der Waals surface area contributed by atoms with Gasteiger partial charge in [-0.3, -0.25) is 4.79 Å². The lowest BCUT2D eigenvalue weighted by Crippen LogP contribution is -2.45. The van der Waals surface area contributed by atoms with Gasteiger partial charge in [-0.15, -0.1) is 0 Å². The standard InChI is InChI=1S/C16H23N3O4S/c1-24(22,23)19(14-5-3-2-4-6-14)12-16(21)18-17-11-13-7-9-15(20)10-8-13/h7-11,14,20H,2-6,12H2,1H3,(H,18,21). The third-order valence-corrected chi connectivity index (χ3v) is 5.28. The summed E-state index contributed by atoms with van der Waals surface area (Å²) in [5, 5.41) is 13.0. The van der Waals surface area contributed by atoms with Crippen molar-refractivity contribution in [2.75, 3.05) is 12.8 Å². The average Bonchev–Trinajstić information content (AvgIpc) is 2.54. The first-order valence-electron chi connectivity index (χ1n) is 7.94. The number of benzene rings is 1. The highest BCUT2D eigenvalue weighted by molar-refractivity contribution is 7.88. The largest absolute Gasteiger partial charge is 0.508 e. The van der Waals surface area contributed by atoms with Crippen molar-refractivity contribution in [2.45, 2.75) is 38.1 Å². The Bertz CT molecular complexity index is 680. The molecule has 0 heterocycles. The molecule has 24 heavy (non-hydrogen) atoms. The van der Waals surface area contributed by atoms with Crippen molar-refractivity contribution in [3.05, 3.63) is 29.8 Å². The second-order valence-electron chi connectivity index (χ2n) is 5.98. The molecule has 1 amide bonds. The normalized spacial score (nSPS) is 16.6. The summed E-state index contributed by atoms with van der Waals surface area (Å²) in [5.41, 5.74) is 3.06. The van der Waals surface area contributed by atoms with E-state index in [0.717, 1.165) is 38.4 Å². The van der Waals surface area contributed by atoms with Gasteiger partial charge in [-0.2, -0.15) is 9.41 Å². The molecule has 0 bridgehead atoms. The first-order chi connectivity index (χ1) is 11.4. The second kappa shape index (κ2) is 8.25.